The molecule has 0 amide bonds. The second kappa shape index (κ2) is 7.71. The van der Waals surface area contributed by atoms with Gasteiger partial charge in [-0.3, -0.25) is 0 Å². The van der Waals surface area contributed by atoms with Crippen LogP contribution < -0.4 is 14.2 Å². The zero-order valence-corrected chi connectivity index (χ0v) is 16.0. The first kappa shape index (κ1) is 18.8. The van der Waals surface area contributed by atoms with Gasteiger partial charge in [0.15, 0.2) is 0 Å². The molecule has 0 fully saturated rings. The summed E-state index contributed by atoms with van der Waals surface area (Å²) in [5.41, 5.74) is 2.11. The number of hydrogen-bond acceptors (Lipinski definition) is 6. The van der Waals surface area contributed by atoms with Crippen LogP contribution in [0.3, 0.4) is 0 Å². The minimum atomic E-state index is -3.90. The van der Waals surface area contributed by atoms with E-state index < -0.39 is 10.0 Å². The Morgan fingerprint density at radius 1 is 1.07 bits per heavy atom. The summed E-state index contributed by atoms with van der Waals surface area (Å²) in [4.78, 5) is 0.0451. The fraction of sp³-hybridized carbons (Fsp3) is 0.211. The van der Waals surface area contributed by atoms with E-state index in [9.17, 15) is 8.42 Å². The minimum Gasteiger partial charge on any atom is -0.497 e. The van der Waals surface area contributed by atoms with Crippen LogP contribution in [-0.2, 0) is 16.4 Å². The van der Waals surface area contributed by atoms with E-state index in [-0.39, 0.29) is 16.5 Å². The molecule has 0 aliphatic heterocycles. The molecule has 1 heterocycles. The average molecular weight is 388 g/mol. The Morgan fingerprint density at radius 3 is 2.59 bits per heavy atom. The first-order chi connectivity index (χ1) is 13.0. The van der Waals surface area contributed by atoms with Gasteiger partial charge in [-0.15, -0.1) is 0 Å². The summed E-state index contributed by atoms with van der Waals surface area (Å²) in [6.07, 6.45) is 0.703. The smallest absolute Gasteiger partial charge is 0.267 e. The molecular weight excluding hydrogens is 368 g/mol. The molecule has 0 bridgehead atoms. The van der Waals surface area contributed by atoms with Crippen LogP contribution >= 0.6 is 0 Å². The Balaban J connectivity index is 1.90. The summed E-state index contributed by atoms with van der Waals surface area (Å²) in [7, 11) is -0.909. The molecule has 7 nitrogen and oxygen atoms in total. The van der Waals surface area contributed by atoms with Gasteiger partial charge >= 0.3 is 0 Å². The lowest BCUT2D eigenvalue weighted by molar-refractivity contribution is 0.402. The van der Waals surface area contributed by atoms with Crippen LogP contribution in [0.5, 0.6) is 11.5 Å². The summed E-state index contributed by atoms with van der Waals surface area (Å²) < 4.78 is 43.5. The van der Waals surface area contributed by atoms with Crippen molar-refractivity contribution in [2.75, 3.05) is 18.9 Å². The first-order valence-corrected chi connectivity index (χ1v) is 9.76. The number of rotatable bonds is 7. The van der Waals surface area contributed by atoms with Crippen LogP contribution in [0.2, 0.25) is 0 Å². The molecule has 1 aromatic heterocycles. The van der Waals surface area contributed by atoms with E-state index in [2.05, 4.69) is 9.88 Å². The maximum absolute atomic E-state index is 12.8. The van der Waals surface area contributed by atoms with E-state index in [0.29, 0.717) is 17.9 Å². The van der Waals surface area contributed by atoms with Crippen LogP contribution in [-0.4, -0.2) is 27.8 Å². The van der Waals surface area contributed by atoms with Crippen molar-refractivity contribution in [2.45, 2.75) is 18.2 Å². The van der Waals surface area contributed by atoms with Crippen molar-refractivity contribution in [1.29, 1.82) is 0 Å². The molecule has 0 saturated carbocycles. The normalized spacial score (nSPS) is 11.2. The summed E-state index contributed by atoms with van der Waals surface area (Å²) in [6, 6.07) is 13.8. The van der Waals surface area contributed by atoms with E-state index in [4.69, 9.17) is 14.0 Å². The molecule has 3 aromatic rings. The Kier molecular flexibility index (Phi) is 5.36. The maximum atomic E-state index is 12.8. The molecule has 0 spiro atoms. The number of anilines is 1. The van der Waals surface area contributed by atoms with Crippen LogP contribution in [0.1, 0.15) is 12.5 Å². The highest BCUT2D eigenvalue weighted by Gasteiger charge is 2.22. The predicted octanol–water partition coefficient (Wildman–Crippen LogP) is 3.72. The van der Waals surface area contributed by atoms with E-state index in [1.54, 1.807) is 31.4 Å². The number of methoxy groups -OCH3 is 2. The van der Waals surface area contributed by atoms with Gasteiger partial charge in [0.1, 0.15) is 22.1 Å². The molecule has 142 valence electrons. The van der Waals surface area contributed by atoms with Gasteiger partial charge in [0, 0.05) is 11.6 Å². The van der Waals surface area contributed by atoms with Gasteiger partial charge in [-0.1, -0.05) is 30.3 Å². The number of aromatic nitrogens is 1. The van der Waals surface area contributed by atoms with Gasteiger partial charge in [-0.25, -0.2) is 13.1 Å². The van der Waals surface area contributed by atoms with Gasteiger partial charge in [-0.2, -0.15) is 0 Å². The molecule has 0 aliphatic carbocycles. The Morgan fingerprint density at radius 2 is 1.89 bits per heavy atom. The van der Waals surface area contributed by atoms with Gasteiger partial charge in [0.2, 0.25) is 5.88 Å². The fourth-order valence-corrected chi connectivity index (χ4v) is 3.77. The monoisotopic (exact) mass is 388 g/mol. The summed E-state index contributed by atoms with van der Waals surface area (Å²) in [6.45, 7) is 1.95. The molecular formula is C19H20N2O5S. The van der Waals surface area contributed by atoms with Crippen molar-refractivity contribution >= 4 is 15.9 Å². The number of ether oxygens (including phenoxy) is 2. The molecule has 0 radical (unpaired) electrons. The van der Waals surface area contributed by atoms with E-state index in [1.807, 2.05) is 25.1 Å². The summed E-state index contributed by atoms with van der Waals surface area (Å²) in [5.74, 6) is 0.933. The fourth-order valence-electron chi connectivity index (χ4n) is 2.58. The van der Waals surface area contributed by atoms with Crippen molar-refractivity contribution in [3.05, 3.63) is 54.1 Å². The molecule has 0 atom stereocenters. The van der Waals surface area contributed by atoms with Crippen molar-refractivity contribution in [3.8, 4) is 22.8 Å². The van der Waals surface area contributed by atoms with E-state index >= 15 is 0 Å². The standard InChI is InChI=1S/C19H20N2O5S/c1-4-13-8-9-17(25-3)18(10-13)27(22,23)21-19-12-16(20-26-19)14-6-5-7-15(11-14)24-2/h5-12,21H,4H2,1-3H3. The number of nitrogens with zero attached hydrogens (tertiary/aromatic N) is 1. The number of benzene rings is 2. The molecule has 0 saturated heterocycles. The summed E-state index contributed by atoms with van der Waals surface area (Å²) >= 11 is 0. The van der Waals surface area contributed by atoms with Gasteiger partial charge in [0.05, 0.1) is 14.2 Å². The summed E-state index contributed by atoms with van der Waals surface area (Å²) in [5, 5.41) is 3.93. The lowest BCUT2D eigenvalue weighted by Gasteiger charge is -2.11. The Bertz CT molecular complexity index is 1040. The maximum Gasteiger partial charge on any atom is 0.267 e. The van der Waals surface area contributed by atoms with Gasteiger partial charge in [0.25, 0.3) is 10.0 Å². The highest BCUT2D eigenvalue weighted by Crippen LogP contribution is 2.29. The van der Waals surface area contributed by atoms with E-state index in [1.165, 1.54) is 13.2 Å². The third-order valence-electron chi connectivity index (χ3n) is 4.04. The van der Waals surface area contributed by atoms with E-state index in [0.717, 1.165) is 11.1 Å². The molecule has 27 heavy (non-hydrogen) atoms. The zero-order chi connectivity index (χ0) is 19.4. The topological polar surface area (TPSA) is 90.7 Å². The van der Waals surface area contributed by atoms with Crippen molar-refractivity contribution in [3.63, 3.8) is 0 Å². The van der Waals surface area contributed by atoms with Gasteiger partial charge in [-0.05, 0) is 36.2 Å². The molecule has 8 heteroatoms. The van der Waals surface area contributed by atoms with Crippen LogP contribution in [0.15, 0.2) is 57.9 Å². The van der Waals surface area contributed by atoms with Crippen molar-refractivity contribution < 1.29 is 22.4 Å². The lowest BCUT2D eigenvalue weighted by atomic mass is 10.1. The van der Waals surface area contributed by atoms with Crippen LogP contribution in [0, 0.1) is 0 Å². The number of hydrogen-bond donors (Lipinski definition) is 1. The number of aryl methyl sites for hydroxylation is 1. The highest BCUT2D eigenvalue weighted by atomic mass is 32.2. The second-order valence-corrected chi connectivity index (χ2v) is 7.40. The largest absolute Gasteiger partial charge is 0.497 e. The number of sulfonamides is 1. The Hall–Kier alpha value is -3.00. The molecule has 2 aromatic carbocycles. The molecule has 1 N–H and O–H groups in total. The van der Waals surface area contributed by atoms with Crippen LogP contribution in [0.4, 0.5) is 5.88 Å². The van der Waals surface area contributed by atoms with Crippen LogP contribution in [0.25, 0.3) is 11.3 Å². The molecule has 0 aliphatic rings. The second-order valence-electron chi connectivity index (χ2n) is 5.75. The quantitative estimate of drug-likeness (QED) is 0.663. The lowest BCUT2D eigenvalue weighted by Crippen LogP contribution is -2.14. The predicted molar refractivity (Wildman–Crippen MR) is 102 cm³/mol. The average Bonchev–Trinajstić information content (AvgIpc) is 3.15. The number of nitrogens with one attached hydrogen (secondary N) is 1. The molecule has 3 rings (SSSR count). The minimum absolute atomic E-state index is 0.0109. The first-order valence-electron chi connectivity index (χ1n) is 8.27. The molecule has 0 unspecified atom stereocenters. The third-order valence-corrected chi connectivity index (χ3v) is 5.40. The van der Waals surface area contributed by atoms with Crippen molar-refractivity contribution in [2.24, 2.45) is 0 Å². The zero-order valence-electron chi connectivity index (χ0n) is 15.2. The van der Waals surface area contributed by atoms with Crippen molar-refractivity contribution in [1.82, 2.24) is 5.16 Å². The Labute approximate surface area is 158 Å². The third kappa shape index (κ3) is 4.06. The van der Waals surface area contributed by atoms with Gasteiger partial charge < -0.3 is 14.0 Å². The highest BCUT2D eigenvalue weighted by molar-refractivity contribution is 7.92. The SMILES string of the molecule is CCc1ccc(OC)c(S(=O)(=O)Nc2cc(-c3cccc(OC)c3)no2)c1.